The summed E-state index contributed by atoms with van der Waals surface area (Å²) in [5, 5.41) is 11.0. The van der Waals surface area contributed by atoms with Crippen LogP contribution in [0.1, 0.15) is 36.3 Å². The zero-order chi connectivity index (χ0) is 22.1. The molecule has 0 saturated carbocycles. The van der Waals surface area contributed by atoms with Crippen LogP contribution in [0.4, 0.5) is 5.69 Å². The molecule has 0 fully saturated rings. The topological polar surface area (TPSA) is 95.7 Å². The fraction of sp³-hybridized carbons (Fsp3) is 0.273. The van der Waals surface area contributed by atoms with Gasteiger partial charge in [-0.2, -0.15) is 0 Å². The number of nitro benzene ring substituents is 1. The van der Waals surface area contributed by atoms with Gasteiger partial charge in [-0.15, -0.1) is 0 Å². The van der Waals surface area contributed by atoms with Crippen molar-refractivity contribution in [3.8, 4) is 0 Å². The molecule has 0 aromatic heterocycles. The molecule has 2 rings (SSSR count). The summed E-state index contributed by atoms with van der Waals surface area (Å²) in [6, 6.07) is 13.3. The fourth-order valence-electron chi connectivity index (χ4n) is 3.14. The molecule has 2 unspecified atom stereocenters. The van der Waals surface area contributed by atoms with Gasteiger partial charge in [0.25, 0.3) is 5.69 Å². The third-order valence-corrected chi connectivity index (χ3v) is 5.08. The Morgan fingerprint density at radius 3 is 2.23 bits per heavy atom. The van der Waals surface area contributed by atoms with Gasteiger partial charge in [0.15, 0.2) is 0 Å². The Morgan fingerprint density at radius 2 is 1.70 bits per heavy atom. The highest BCUT2D eigenvalue weighted by molar-refractivity contribution is 9.10. The maximum Gasteiger partial charge on any atom is 0.330 e. The number of allylic oxidation sites excluding steroid dienone is 1. The van der Waals surface area contributed by atoms with Crippen molar-refractivity contribution in [2.24, 2.45) is 0 Å². The molecule has 0 saturated heterocycles. The van der Waals surface area contributed by atoms with Gasteiger partial charge in [-0.05, 0) is 36.6 Å². The van der Waals surface area contributed by atoms with Crippen LogP contribution in [-0.2, 0) is 19.1 Å². The molecule has 2 aromatic carbocycles. The van der Waals surface area contributed by atoms with Gasteiger partial charge in [0, 0.05) is 28.6 Å². The zero-order valence-electron chi connectivity index (χ0n) is 16.6. The van der Waals surface area contributed by atoms with E-state index in [2.05, 4.69) is 15.9 Å². The van der Waals surface area contributed by atoms with E-state index in [1.54, 1.807) is 25.1 Å². The summed E-state index contributed by atoms with van der Waals surface area (Å²) in [7, 11) is 1.30. The minimum Gasteiger partial charge on any atom is -0.469 e. The van der Waals surface area contributed by atoms with E-state index in [0.717, 1.165) is 10.0 Å². The van der Waals surface area contributed by atoms with Crippen molar-refractivity contribution in [2.75, 3.05) is 13.7 Å². The van der Waals surface area contributed by atoms with Gasteiger partial charge >= 0.3 is 11.9 Å². The van der Waals surface area contributed by atoms with Crippen molar-refractivity contribution in [1.82, 2.24) is 0 Å². The normalized spacial score (nSPS) is 12.9. The van der Waals surface area contributed by atoms with E-state index in [1.165, 1.54) is 25.3 Å². The Hall–Kier alpha value is -3.00. The molecule has 0 amide bonds. The molecule has 2 aromatic rings. The molecular formula is C22H22BrNO6. The lowest BCUT2D eigenvalue weighted by Gasteiger charge is -2.25. The second-order valence-corrected chi connectivity index (χ2v) is 7.31. The number of carbonyl (C=O) groups is 2. The van der Waals surface area contributed by atoms with E-state index in [9.17, 15) is 19.7 Å². The minimum atomic E-state index is -0.719. The number of non-ortho nitro benzene ring substituents is 1. The first-order valence-corrected chi connectivity index (χ1v) is 10.1. The molecule has 30 heavy (non-hydrogen) atoms. The zero-order valence-corrected chi connectivity index (χ0v) is 18.2. The first kappa shape index (κ1) is 23.3. The third-order valence-electron chi connectivity index (χ3n) is 4.55. The third kappa shape index (κ3) is 6.25. The number of ether oxygens (including phenoxy) is 2. The lowest BCUT2D eigenvalue weighted by Crippen LogP contribution is -2.22. The van der Waals surface area contributed by atoms with Crippen LogP contribution < -0.4 is 0 Å². The van der Waals surface area contributed by atoms with Crippen molar-refractivity contribution < 1.29 is 24.0 Å². The van der Waals surface area contributed by atoms with Crippen LogP contribution in [0.3, 0.4) is 0 Å². The van der Waals surface area contributed by atoms with Crippen LogP contribution in [0.25, 0.3) is 0 Å². The van der Waals surface area contributed by atoms with E-state index in [4.69, 9.17) is 9.47 Å². The standard InChI is InChI=1S/C22H22BrNO6/c1-3-30-20(25)6-4-5-19(15-7-11-17(23)12-8-15)21(22(26)29-2)16-9-13-18(14-10-16)24(27)28/h4,6-14,19,21H,3,5H2,1-2H3/b6-4+. The monoisotopic (exact) mass is 475 g/mol. The van der Waals surface area contributed by atoms with Gasteiger partial charge in [-0.1, -0.05) is 46.3 Å². The van der Waals surface area contributed by atoms with E-state index >= 15 is 0 Å². The second kappa shape index (κ2) is 11.3. The summed E-state index contributed by atoms with van der Waals surface area (Å²) in [6.45, 7) is 1.99. The molecule has 0 bridgehead atoms. The van der Waals surface area contributed by atoms with Gasteiger partial charge in [0.05, 0.1) is 24.6 Å². The molecule has 0 N–H and O–H groups in total. The van der Waals surface area contributed by atoms with E-state index < -0.39 is 22.8 Å². The van der Waals surface area contributed by atoms with Crippen molar-refractivity contribution in [3.05, 3.63) is 86.4 Å². The number of nitro groups is 1. The Bertz CT molecular complexity index is 908. The Morgan fingerprint density at radius 1 is 1.10 bits per heavy atom. The van der Waals surface area contributed by atoms with Gasteiger partial charge in [0.1, 0.15) is 0 Å². The maximum absolute atomic E-state index is 12.7. The number of rotatable bonds is 9. The number of carbonyl (C=O) groups excluding carboxylic acids is 2. The number of hydrogen-bond donors (Lipinski definition) is 0. The molecule has 2 atom stereocenters. The van der Waals surface area contributed by atoms with Gasteiger partial charge in [-0.3, -0.25) is 14.9 Å². The quantitative estimate of drug-likeness (QED) is 0.221. The molecule has 0 heterocycles. The Kier molecular flexibility index (Phi) is 8.73. The highest BCUT2D eigenvalue weighted by atomic mass is 79.9. The first-order valence-electron chi connectivity index (χ1n) is 9.28. The molecule has 0 aliphatic rings. The highest BCUT2D eigenvalue weighted by Crippen LogP contribution is 2.38. The van der Waals surface area contributed by atoms with Crippen molar-refractivity contribution in [2.45, 2.75) is 25.2 Å². The van der Waals surface area contributed by atoms with Crippen LogP contribution in [0.15, 0.2) is 65.2 Å². The molecule has 0 spiro atoms. The first-order chi connectivity index (χ1) is 14.4. The summed E-state index contributed by atoms with van der Waals surface area (Å²) < 4.78 is 10.8. The predicted octanol–water partition coefficient (Wildman–Crippen LogP) is 4.91. The molecular weight excluding hydrogens is 454 g/mol. The number of benzene rings is 2. The SMILES string of the molecule is CCOC(=O)/C=C/CC(c1ccc(Br)cc1)C(C(=O)OC)c1ccc([N+](=O)[O-])cc1. The van der Waals surface area contributed by atoms with E-state index in [0.29, 0.717) is 12.0 Å². The number of esters is 2. The number of methoxy groups -OCH3 is 1. The van der Waals surface area contributed by atoms with Crippen LogP contribution in [0, 0.1) is 10.1 Å². The van der Waals surface area contributed by atoms with E-state index in [-0.39, 0.29) is 18.2 Å². The lowest BCUT2D eigenvalue weighted by atomic mass is 9.79. The fourth-order valence-corrected chi connectivity index (χ4v) is 3.40. The smallest absolute Gasteiger partial charge is 0.330 e. The molecule has 0 aliphatic heterocycles. The molecule has 0 radical (unpaired) electrons. The van der Waals surface area contributed by atoms with Crippen LogP contribution in [-0.4, -0.2) is 30.6 Å². The summed E-state index contributed by atoms with van der Waals surface area (Å²) >= 11 is 3.40. The van der Waals surface area contributed by atoms with Gasteiger partial charge in [0.2, 0.25) is 0 Å². The van der Waals surface area contributed by atoms with Gasteiger partial charge in [-0.25, -0.2) is 4.79 Å². The molecule has 158 valence electrons. The van der Waals surface area contributed by atoms with E-state index in [1.807, 2.05) is 24.3 Å². The summed E-state index contributed by atoms with van der Waals surface area (Å²) in [5.74, 6) is -2.01. The average Bonchev–Trinajstić information content (AvgIpc) is 2.74. The molecule has 8 heteroatoms. The summed E-state index contributed by atoms with van der Waals surface area (Å²) in [6.07, 6.45) is 3.35. The second-order valence-electron chi connectivity index (χ2n) is 6.40. The Balaban J connectivity index is 2.45. The molecule has 7 nitrogen and oxygen atoms in total. The average molecular weight is 476 g/mol. The Labute approximate surface area is 183 Å². The van der Waals surface area contributed by atoms with Crippen molar-refractivity contribution in [3.63, 3.8) is 0 Å². The van der Waals surface area contributed by atoms with Crippen LogP contribution >= 0.6 is 15.9 Å². The highest BCUT2D eigenvalue weighted by Gasteiger charge is 2.32. The van der Waals surface area contributed by atoms with Crippen LogP contribution in [0.2, 0.25) is 0 Å². The van der Waals surface area contributed by atoms with Crippen LogP contribution in [0.5, 0.6) is 0 Å². The molecule has 0 aliphatic carbocycles. The predicted molar refractivity (Wildman–Crippen MR) is 115 cm³/mol. The summed E-state index contributed by atoms with van der Waals surface area (Å²) in [5.41, 5.74) is 1.38. The van der Waals surface area contributed by atoms with Crippen molar-refractivity contribution >= 4 is 33.6 Å². The number of nitrogens with zero attached hydrogens (tertiary/aromatic N) is 1. The van der Waals surface area contributed by atoms with Gasteiger partial charge < -0.3 is 9.47 Å². The number of hydrogen-bond acceptors (Lipinski definition) is 6. The summed E-state index contributed by atoms with van der Waals surface area (Å²) in [4.78, 5) is 34.9. The largest absolute Gasteiger partial charge is 0.469 e. The lowest BCUT2D eigenvalue weighted by molar-refractivity contribution is -0.384. The number of halogens is 1. The van der Waals surface area contributed by atoms with Crippen molar-refractivity contribution in [1.29, 1.82) is 0 Å². The minimum absolute atomic E-state index is 0.0650. The maximum atomic E-state index is 12.7.